The van der Waals surface area contributed by atoms with E-state index < -0.39 is 0 Å². The molecule has 1 aliphatic rings. The van der Waals surface area contributed by atoms with E-state index in [9.17, 15) is 4.39 Å². The van der Waals surface area contributed by atoms with E-state index >= 15 is 0 Å². The van der Waals surface area contributed by atoms with E-state index in [-0.39, 0.29) is 5.82 Å². The molecule has 1 saturated heterocycles. The summed E-state index contributed by atoms with van der Waals surface area (Å²) in [5.74, 6) is 1.51. The molecule has 25 heavy (non-hydrogen) atoms. The van der Waals surface area contributed by atoms with Gasteiger partial charge in [-0.3, -0.25) is 0 Å². The molecular formula is C19H26FN5. The molecule has 2 heterocycles. The maximum absolute atomic E-state index is 13.4. The molecule has 2 aromatic rings. The van der Waals surface area contributed by atoms with Crippen LogP contribution in [0.25, 0.3) is 0 Å². The number of benzene rings is 1. The summed E-state index contributed by atoms with van der Waals surface area (Å²) in [6.45, 7) is 6.87. The van der Waals surface area contributed by atoms with Crippen LogP contribution in [0.2, 0.25) is 0 Å². The Labute approximate surface area is 148 Å². The minimum atomic E-state index is -0.180. The smallest absolute Gasteiger partial charge is 0.131 e. The fourth-order valence-electron chi connectivity index (χ4n) is 3.28. The number of piperidine rings is 1. The minimum Gasteiger partial charge on any atom is -0.370 e. The molecule has 3 rings (SSSR count). The van der Waals surface area contributed by atoms with E-state index in [0.29, 0.717) is 6.04 Å². The van der Waals surface area contributed by atoms with Crippen LogP contribution in [0.5, 0.6) is 0 Å². The molecule has 0 amide bonds. The van der Waals surface area contributed by atoms with Crippen molar-refractivity contribution in [1.29, 1.82) is 0 Å². The highest BCUT2D eigenvalue weighted by molar-refractivity contribution is 5.54. The molecule has 0 spiro atoms. The summed E-state index contributed by atoms with van der Waals surface area (Å²) in [5, 5.41) is 6.80. The molecule has 6 heteroatoms. The van der Waals surface area contributed by atoms with Crippen molar-refractivity contribution in [1.82, 2.24) is 9.97 Å². The number of aryl methyl sites for hydroxylation is 1. The second kappa shape index (κ2) is 8.14. The highest BCUT2D eigenvalue weighted by atomic mass is 19.1. The van der Waals surface area contributed by atoms with E-state index in [4.69, 9.17) is 0 Å². The van der Waals surface area contributed by atoms with E-state index in [1.165, 1.54) is 6.07 Å². The van der Waals surface area contributed by atoms with Crippen molar-refractivity contribution in [3.8, 4) is 0 Å². The van der Waals surface area contributed by atoms with E-state index in [0.717, 1.165) is 61.8 Å². The Kier molecular flexibility index (Phi) is 5.68. The monoisotopic (exact) mass is 343 g/mol. The molecule has 1 fully saturated rings. The number of rotatable bonds is 6. The Bertz CT molecular complexity index is 706. The minimum absolute atomic E-state index is 0.180. The molecule has 0 aliphatic carbocycles. The third-order valence-corrected chi connectivity index (χ3v) is 4.50. The number of nitrogens with one attached hydrogen (secondary N) is 2. The Hall–Kier alpha value is -2.37. The molecule has 0 bridgehead atoms. The number of halogens is 1. The normalized spacial score (nSPS) is 17.4. The lowest BCUT2D eigenvalue weighted by Gasteiger charge is -2.35. The SMILES string of the molecule is CCCNc1cc(NC2CCCN(c3ccc(F)cc3C)C2)ncn1. The van der Waals surface area contributed by atoms with Crippen LogP contribution in [0, 0.1) is 12.7 Å². The highest BCUT2D eigenvalue weighted by Crippen LogP contribution is 2.25. The molecule has 1 aliphatic heterocycles. The van der Waals surface area contributed by atoms with Crippen LogP contribution >= 0.6 is 0 Å². The summed E-state index contributed by atoms with van der Waals surface area (Å²) in [4.78, 5) is 10.9. The van der Waals surface area contributed by atoms with Gasteiger partial charge < -0.3 is 15.5 Å². The third-order valence-electron chi connectivity index (χ3n) is 4.50. The summed E-state index contributed by atoms with van der Waals surface area (Å²) < 4.78 is 13.4. The Morgan fingerprint density at radius 2 is 2.08 bits per heavy atom. The maximum atomic E-state index is 13.4. The lowest BCUT2D eigenvalue weighted by molar-refractivity contribution is 0.527. The first kappa shape index (κ1) is 17.5. The van der Waals surface area contributed by atoms with Crippen LogP contribution in [-0.4, -0.2) is 35.6 Å². The Morgan fingerprint density at radius 3 is 2.88 bits per heavy atom. The van der Waals surface area contributed by atoms with Crippen LogP contribution in [0.15, 0.2) is 30.6 Å². The fraction of sp³-hybridized carbons (Fsp3) is 0.474. The van der Waals surface area contributed by atoms with Gasteiger partial charge in [0.25, 0.3) is 0 Å². The molecule has 1 aromatic carbocycles. The summed E-state index contributed by atoms with van der Waals surface area (Å²) in [6.07, 6.45) is 4.84. The van der Waals surface area contributed by atoms with Crippen molar-refractivity contribution in [2.24, 2.45) is 0 Å². The van der Waals surface area contributed by atoms with Gasteiger partial charge in [0.1, 0.15) is 23.8 Å². The second-order valence-corrected chi connectivity index (χ2v) is 6.58. The van der Waals surface area contributed by atoms with Gasteiger partial charge in [0, 0.05) is 37.4 Å². The van der Waals surface area contributed by atoms with Crippen molar-refractivity contribution in [2.45, 2.75) is 39.2 Å². The van der Waals surface area contributed by atoms with E-state index in [1.54, 1.807) is 12.4 Å². The lowest BCUT2D eigenvalue weighted by atomic mass is 10.0. The summed E-state index contributed by atoms with van der Waals surface area (Å²) >= 11 is 0. The van der Waals surface area contributed by atoms with Gasteiger partial charge in [-0.15, -0.1) is 0 Å². The lowest BCUT2D eigenvalue weighted by Crippen LogP contribution is -2.42. The highest BCUT2D eigenvalue weighted by Gasteiger charge is 2.21. The average molecular weight is 343 g/mol. The third kappa shape index (κ3) is 4.59. The van der Waals surface area contributed by atoms with Gasteiger partial charge in [-0.1, -0.05) is 6.92 Å². The molecule has 1 unspecified atom stereocenters. The predicted molar refractivity (Wildman–Crippen MR) is 101 cm³/mol. The van der Waals surface area contributed by atoms with Gasteiger partial charge in [0.05, 0.1) is 0 Å². The fourth-order valence-corrected chi connectivity index (χ4v) is 3.28. The Morgan fingerprint density at radius 1 is 1.24 bits per heavy atom. The van der Waals surface area contributed by atoms with E-state index in [2.05, 4.69) is 32.4 Å². The van der Waals surface area contributed by atoms with Crippen LogP contribution in [0.4, 0.5) is 21.7 Å². The summed E-state index contributed by atoms with van der Waals surface area (Å²) in [5.41, 5.74) is 2.09. The van der Waals surface area contributed by atoms with Crippen LogP contribution in [0.1, 0.15) is 31.7 Å². The molecule has 5 nitrogen and oxygen atoms in total. The van der Waals surface area contributed by atoms with Crippen molar-refractivity contribution in [2.75, 3.05) is 35.2 Å². The van der Waals surface area contributed by atoms with Crippen molar-refractivity contribution in [3.05, 3.63) is 42.0 Å². The number of aromatic nitrogens is 2. The number of hydrogen-bond donors (Lipinski definition) is 2. The zero-order valence-electron chi connectivity index (χ0n) is 14.9. The predicted octanol–water partition coefficient (Wildman–Crippen LogP) is 3.83. The number of nitrogens with zero attached hydrogens (tertiary/aromatic N) is 3. The first-order valence-electron chi connectivity index (χ1n) is 8.99. The largest absolute Gasteiger partial charge is 0.370 e. The quantitative estimate of drug-likeness (QED) is 0.835. The number of hydrogen-bond acceptors (Lipinski definition) is 5. The molecular weight excluding hydrogens is 317 g/mol. The van der Waals surface area contributed by atoms with Gasteiger partial charge in [0.2, 0.25) is 0 Å². The molecule has 134 valence electrons. The van der Waals surface area contributed by atoms with Gasteiger partial charge in [-0.25, -0.2) is 14.4 Å². The zero-order chi connectivity index (χ0) is 17.6. The zero-order valence-corrected chi connectivity index (χ0v) is 14.9. The van der Waals surface area contributed by atoms with Gasteiger partial charge in [-0.05, 0) is 49.9 Å². The van der Waals surface area contributed by atoms with Crippen LogP contribution in [-0.2, 0) is 0 Å². The van der Waals surface area contributed by atoms with E-state index in [1.807, 2.05) is 19.1 Å². The summed E-state index contributed by atoms with van der Waals surface area (Å²) in [6, 6.07) is 7.28. The summed E-state index contributed by atoms with van der Waals surface area (Å²) in [7, 11) is 0. The molecule has 1 atom stereocenters. The average Bonchev–Trinajstić information content (AvgIpc) is 2.60. The standard InChI is InChI=1S/C19H26FN5/c1-3-8-21-18-11-19(23-13-22-18)24-16-5-4-9-25(12-16)17-7-6-15(20)10-14(17)2/h6-7,10-11,13,16H,3-5,8-9,12H2,1-2H3,(H2,21,22,23,24). The molecule has 0 radical (unpaired) electrons. The van der Waals surface area contributed by atoms with Gasteiger partial charge >= 0.3 is 0 Å². The molecule has 1 aromatic heterocycles. The van der Waals surface area contributed by atoms with Crippen molar-refractivity contribution in [3.63, 3.8) is 0 Å². The number of anilines is 3. The molecule has 0 saturated carbocycles. The second-order valence-electron chi connectivity index (χ2n) is 6.58. The van der Waals surface area contributed by atoms with Crippen molar-refractivity contribution < 1.29 is 4.39 Å². The van der Waals surface area contributed by atoms with Crippen LogP contribution in [0.3, 0.4) is 0 Å². The van der Waals surface area contributed by atoms with Crippen LogP contribution < -0.4 is 15.5 Å². The molecule has 2 N–H and O–H groups in total. The first-order chi connectivity index (χ1) is 12.2. The maximum Gasteiger partial charge on any atom is 0.131 e. The first-order valence-corrected chi connectivity index (χ1v) is 8.99. The van der Waals surface area contributed by atoms with Crippen molar-refractivity contribution >= 4 is 17.3 Å². The van der Waals surface area contributed by atoms with Gasteiger partial charge in [0.15, 0.2) is 0 Å². The Balaban J connectivity index is 1.65. The topological polar surface area (TPSA) is 53.1 Å². The van der Waals surface area contributed by atoms with Gasteiger partial charge in [-0.2, -0.15) is 0 Å².